The van der Waals surface area contributed by atoms with Gasteiger partial charge in [-0.3, -0.25) is 4.79 Å². The predicted octanol–water partition coefficient (Wildman–Crippen LogP) is 6.74. The summed E-state index contributed by atoms with van der Waals surface area (Å²) in [7, 11) is 1.55. The zero-order valence-corrected chi connectivity index (χ0v) is 20.8. The largest absolute Gasteiger partial charge is 0.497 e. The number of methoxy groups -OCH3 is 1. The summed E-state index contributed by atoms with van der Waals surface area (Å²) in [5.74, 6) is 0.686. The van der Waals surface area contributed by atoms with Crippen LogP contribution in [0.5, 0.6) is 5.75 Å². The van der Waals surface area contributed by atoms with E-state index < -0.39 is 12.3 Å². The number of carbonyl (C=O) groups excluding carboxylic acids is 1. The van der Waals surface area contributed by atoms with Crippen molar-refractivity contribution in [2.75, 3.05) is 7.11 Å². The molecule has 0 unspecified atom stereocenters. The second-order valence-corrected chi connectivity index (χ2v) is 8.80. The third-order valence-corrected chi connectivity index (χ3v) is 6.59. The van der Waals surface area contributed by atoms with Gasteiger partial charge in [0.05, 0.1) is 25.0 Å². The number of amides is 1. The summed E-state index contributed by atoms with van der Waals surface area (Å²) in [6.07, 6.45) is 0.213. The van der Waals surface area contributed by atoms with Crippen molar-refractivity contribution in [3.05, 3.63) is 83.2 Å². The summed E-state index contributed by atoms with van der Waals surface area (Å²) in [6, 6.07) is 16.2. The highest BCUT2D eigenvalue weighted by Gasteiger charge is 2.23. The Kier molecular flexibility index (Phi) is 7.62. The fraction of sp³-hybridized carbons (Fsp3) is 0.321. The maximum atomic E-state index is 13.9. The lowest BCUT2D eigenvalue weighted by molar-refractivity contribution is 0.0936. The average Bonchev–Trinajstić information content (AvgIpc) is 3.35. The van der Waals surface area contributed by atoms with Crippen molar-refractivity contribution < 1.29 is 18.3 Å². The first kappa shape index (κ1) is 25.3. The Labute approximate surface area is 209 Å². The molecule has 4 aromatic rings. The van der Waals surface area contributed by atoms with Crippen molar-refractivity contribution in [3.8, 4) is 17.0 Å². The number of hydrogen-bond acceptors (Lipinski definition) is 4. The summed E-state index contributed by atoms with van der Waals surface area (Å²) in [4.78, 5) is 17.8. The van der Waals surface area contributed by atoms with Gasteiger partial charge in [-0.1, -0.05) is 45.0 Å². The van der Waals surface area contributed by atoms with Gasteiger partial charge in [-0.05, 0) is 60.2 Å². The molecule has 0 saturated carbocycles. The molecule has 6 nitrogen and oxygen atoms in total. The van der Waals surface area contributed by atoms with Gasteiger partial charge in [-0.15, -0.1) is 0 Å². The van der Waals surface area contributed by atoms with Crippen LogP contribution < -0.4 is 10.1 Å². The molecule has 0 radical (unpaired) electrons. The van der Waals surface area contributed by atoms with Gasteiger partial charge in [0.15, 0.2) is 5.65 Å². The molecule has 4 rings (SSSR count). The highest BCUT2D eigenvalue weighted by molar-refractivity contribution is 6.00. The molecule has 0 aliphatic rings. The number of nitrogens with one attached hydrogen (secondary N) is 1. The zero-order valence-electron chi connectivity index (χ0n) is 20.8. The summed E-state index contributed by atoms with van der Waals surface area (Å²) < 4.78 is 34.0. The summed E-state index contributed by atoms with van der Waals surface area (Å²) in [5.41, 5.74) is 3.07. The maximum absolute atomic E-state index is 13.9. The summed E-state index contributed by atoms with van der Waals surface area (Å²) in [5, 5.41) is 7.09. The molecule has 2 aromatic carbocycles. The van der Waals surface area contributed by atoms with E-state index in [1.807, 2.05) is 19.1 Å². The van der Waals surface area contributed by atoms with Gasteiger partial charge in [0, 0.05) is 5.56 Å². The van der Waals surface area contributed by atoms with Crippen LogP contribution in [0.2, 0.25) is 0 Å². The number of fused-ring (bicyclic) bond motifs is 1. The van der Waals surface area contributed by atoms with E-state index >= 15 is 0 Å². The molecule has 0 saturated heterocycles. The van der Waals surface area contributed by atoms with Crippen LogP contribution in [-0.2, 0) is 0 Å². The highest BCUT2D eigenvalue weighted by Crippen LogP contribution is 2.28. The van der Waals surface area contributed by atoms with E-state index in [1.54, 1.807) is 31.4 Å². The van der Waals surface area contributed by atoms with E-state index in [-0.39, 0.29) is 22.9 Å². The van der Waals surface area contributed by atoms with Crippen molar-refractivity contribution >= 4 is 11.6 Å². The van der Waals surface area contributed by atoms with Crippen LogP contribution in [0.1, 0.15) is 79.2 Å². The second kappa shape index (κ2) is 10.8. The Balaban J connectivity index is 1.67. The SMILES string of the molecule is CC[C@@H](C)c1ccc([C@@H](CC)NC(=O)c2cnn3c(C(F)F)cc(-c4ccc(OC)cc4)nc23)cc1. The zero-order chi connectivity index (χ0) is 25.8. The lowest BCUT2D eigenvalue weighted by atomic mass is 9.95. The highest BCUT2D eigenvalue weighted by atomic mass is 19.3. The topological polar surface area (TPSA) is 68.5 Å². The third-order valence-electron chi connectivity index (χ3n) is 6.59. The first-order valence-electron chi connectivity index (χ1n) is 12.1. The Bertz CT molecular complexity index is 1330. The Morgan fingerprint density at radius 2 is 1.69 bits per heavy atom. The van der Waals surface area contributed by atoms with E-state index in [2.05, 4.69) is 41.4 Å². The molecular formula is C28H30F2N4O2. The molecule has 0 fully saturated rings. The third kappa shape index (κ3) is 5.08. The molecule has 2 heterocycles. The van der Waals surface area contributed by atoms with Gasteiger partial charge < -0.3 is 10.1 Å². The smallest absolute Gasteiger partial charge is 0.280 e. The molecular weight excluding hydrogens is 462 g/mol. The lowest BCUT2D eigenvalue weighted by Gasteiger charge is -2.18. The molecule has 0 aliphatic heterocycles. The number of alkyl halides is 2. The molecule has 36 heavy (non-hydrogen) atoms. The van der Waals surface area contributed by atoms with E-state index in [0.717, 1.165) is 16.5 Å². The first-order valence-corrected chi connectivity index (χ1v) is 12.1. The van der Waals surface area contributed by atoms with Crippen LogP contribution in [0, 0.1) is 0 Å². The van der Waals surface area contributed by atoms with Crippen LogP contribution in [0.4, 0.5) is 8.78 Å². The van der Waals surface area contributed by atoms with Gasteiger partial charge in [0.2, 0.25) is 0 Å². The van der Waals surface area contributed by atoms with Crippen LogP contribution in [0.3, 0.4) is 0 Å². The molecule has 1 N–H and O–H groups in total. The van der Waals surface area contributed by atoms with Crippen molar-refractivity contribution in [1.82, 2.24) is 19.9 Å². The Hall–Kier alpha value is -3.81. The Morgan fingerprint density at radius 3 is 2.28 bits per heavy atom. The summed E-state index contributed by atoms with van der Waals surface area (Å²) in [6.45, 7) is 6.32. The first-order chi connectivity index (χ1) is 17.4. The van der Waals surface area contributed by atoms with Gasteiger partial charge >= 0.3 is 0 Å². The molecule has 188 valence electrons. The van der Waals surface area contributed by atoms with Crippen molar-refractivity contribution in [2.45, 2.75) is 52.0 Å². The molecule has 0 aliphatic carbocycles. The van der Waals surface area contributed by atoms with E-state index in [0.29, 0.717) is 29.3 Å². The van der Waals surface area contributed by atoms with Crippen molar-refractivity contribution in [3.63, 3.8) is 0 Å². The number of halogens is 2. The minimum absolute atomic E-state index is 0.0816. The van der Waals surface area contributed by atoms with E-state index in [1.165, 1.54) is 17.8 Å². The monoisotopic (exact) mass is 492 g/mol. The number of aromatic nitrogens is 3. The standard InChI is InChI=1S/C28H30F2N4O2/c1-5-17(3)18-7-9-19(10-8-18)23(6-2)33-28(35)22-16-31-34-25(26(29)30)15-24(32-27(22)34)20-11-13-21(36-4)14-12-20/h7-17,23,26H,5-6H2,1-4H3,(H,33,35)/t17-,23-/m1/s1. The van der Waals surface area contributed by atoms with Crippen LogP contribution in [-0.4, -0.2) is 27.6 Å². The number of nitrogens with zero attached hydrogens (tertiary/aromatic N) is 3. The average molecular weight is 493 g/mol. The van der Waals surface area contributed by atoms with Gasteiger partial charge in [-0.25, -0.2) is 18.3 Å². The molecule has 2 atom stereocenters. The summed E-state index contributed by atoms with van der Waals surface area (Å²) >= 11 is 0. The van der Waals surface area contributed by atoms with Crippen LogP contribution >= 0.6 is 0 Å². The van der Waals surface area contributed by atoms with Gasteiger partial charge in [0.1, 0.15) is 17.0 Å². The fourth-order valence-corrected chi connectivity index (χ4v) is 4.16. The second-order valence-electron chi connectivity index (χ2n) is 8.80. The Morgan fingerprint density at radius 1 is 1.03 bits per heavy atom. The molecule has 0 bridgehead atoms. The van der Waals surface area contributed by atoms with Crippen LogP contribution in [0.25, 0.3) is 16.9 Å². The minimum atomic E-state index is -2.80. The van der Waals surface area contributed by atoms with Gasteiger partial charge in [-0.2, -0.15) is 5.10 Å². The van der Waals surface area contributed by atoms with Crippen LogP contribution in [0.15, 0.2) is 60.8 Å². The van der Waals surface area contributed by atoms with Gasteiger partial charge in [0.25, 0.3) is 12.3 Å². The fourth-order valence-electron chi connectivity index (χ4n) is 4.16. The van der Waals surface area contributed by atoms with Crippen molar-refractivity contribution in [2.24, 2.45) is 0 Å². The minimum Gasteiger partial charge on any atom is -0.497 e. The predicted molar refractivity (Wildman–Crippen MR) is 136 cm³/mol. The number of ether oxygens (including phenoxy) is 1. The lowest BCUT2D eigenvalue weighted by Crippen LogP contribution is -2.28. The molecule has 8 heteroatoms. The number of benzene rings is 2. The molecule has 1 amide bonds. The maximum Gasteiger partial charge on any atom is 0.280 e. The van der Waals surface area contributed by atoms with E-state index in [9.17, 15) is 13.6 Å². The molecule has 0 spiro atoms. The number of carbonyl (C=O) groups is 1. The quantitative estimate of drug-likeness (QED) is 0.281. The van der Waals surface area contributed by atoms with E-state index in [4.69, 9.17) is 4.74 Å². The van der Waals surface area contributed by atoms with Crippen molar-refractivity contribution in [1.29, 1.82) is 0 Å². The normalized spacial score (nSPS) is 13.1. The number of rotatable bonds is 9. The number of hydrogen-bond donors (Lipinski definition) is 1. The molecule has 2 aromatic heterocycles.